The Labute approximate surface area is 122 Å². The van der Waals surface area contributed by atoms with Crippen molar-refractivity contribution in [2.24, 2.45) is 5.73 Å². The molecule has 0 aliphatic rings. The molecule has 110 valence electrons. The fourth-order valence-corrected chi connectivity index (χ4v) is 2.13. The highest BCUT2D eigenvalue weighted by Crippen LogP contribution is 2.18. The van der Waals surface area contributed by atoms with Crippen LogP contribution in [0.4, 0.5) is 0 Å². The third kappa shape index (κ3) is 3.10. The van der Waals surface area contributed by atoms with Crippen molar-refractivity contribution >= 4 is 11.9 Å². The number of carbonyl (C=O) groups excluding carboxylic acids is 1. The lowest BCUT2D eigenvalue weighted by Crippen LogP contribution is -2.11. The number of nitrogens with two attached hydrogens (primary N) is 1. The Hall–Kier alpha value is -2.63. The lowest BCUT2D eigenvalue weighted by molar-refractivity contribution is 0.0695. The molecule has 1 heterocycles. The number of benzene rings is 1. The van der Waals surface area contributed by atoms with Gasteiger partial charge in [-0.15, -0.1) is 0 Å². The minimum atomic E-state index is -0.985. The molecule has 0 saturated heterocycles. The zero-order valence-corrected chi connectivity index (χ0v) is 11.7. The van der Waals surface area contributed by atoms with Crippen molar-refractivity contribution in [3.63, 3.8) is 0 Å². The van der Waals surface area contributed by atoms with Gasteiger partial charge in [-0.1, -0.05) is 13.3 Å². The van der Waals surface area contributed by atoms with Crippen molar-refractivity contribution in [3.8, 4) is 5.69 Å². The van der Waals surface area contributed by atoms with Crippen molar-refractivity contribution in [1.82, 2.24) is 9.78 Å². The number of hydrogen-bond acceptors (Lipinski definition) is 3. The third-order valence-electron chi connectivity index (χ3n) is 3.26. The van der Waals surface area contributed by atoms with Crippen LogP contribution in [0.25, 0.3) is 5.69 Å². The molecule has 0 atom stereocenters. The van der Waals surface area contributed by atoms with Crippen LogP contribution in [0.1, 0.15) is 46.2 Å². The number of unbranched alkanes of at least 4 members (excludes halogenated alkanes) is 1. The van der Waals surface area contributed by atoms with E-state index in [0.29, 0.717) is 23.4 Å². The molecule has 6 nitrogen and oxygen atoms in total. The van der Waals surface area contributed by atoms with Crippen LogP contribution in [0.2, 0.25) is 0 Å². The van der Waals surface area contributed by atoms with Gasteiger partial charge >= 0.3 is 5.97 Å². The summed E-state index contributed by atoms with van der Waals surface area (Å²) in [5, 5.41) is 13.4. The number of hydrogen-bond donors (Lipinski definition) is 2. The molecule has 0 fully saturated rings. The number of amides is 1. The highest BCUT2D eigenvalue weighted by molar-refractivity contribution is 5.93. The Morgan fingerprint density at radius 1 is 1.29 bits per heavy atom. The van der Waals surface area contributed by atoms with Crippen molar-refractivity contribution in [1.29, 1.82) is 0 Å². The molecule has 1 aromatic heterocycles. The fourth-order valence-electron chi connectivity index (χ4n) is 2.13. The predicted molar refractivity (Wildman–Crippen MR) is 77.7 cm³/mol. The first-order valence-electron chi connectivity index (χ1n) is 6.75. The minimum absolute atomic E-state index is 0.211. The number of rotatable bonds is 6. The van der Waals surface area contributed by atoms with Gasteiger partial charge in [0.05, 0.1) is 17.6 Å². The molecule has 1 amide bonds. The van der Waals surface area contributed by atoms with Gasteiger partial charge in [-0.3, -0.25) is 4.79 Å². The molecule has 0 aliphatic carbocycles. The molecule has 21 heavy (non-hydrogen) atoms. The average Bonchev–Trinajstić information content (AvgIpc) is 2.89. The van der Waals surface area contributed by atoms with E-state index in [-0.39, 0.29) is 5.56 Å². The molecule has 0 bridgehead atoms. The molecule has 0 unspecified atom stereocenters. The molecule has 0 radical (unpaired) electrons. The number of carboxylic acids is 1. The van der Waals surface area contributed by atoms with Gasteiger partial charge in [0, 0.05) is 5.56 Å². The topological polar surface area (TPSA) is 98.2 Å². The van der Waals surface area contributed by atoms with E-state index in [4.69, 9.17) is 5.73 Å². The van der Waals surface area contributed by atoms with Crippen LogP contribution in [-0.4, -0.2) is 26.8 Å². The molecule has 3 N–H and O–H groups in total. The van der Waals surface area contributed by atoms with E-state index >= 15 is 0 Å². The lowest BCUT2D eigenvalue weighted by Gasteiger charge is -2.08. The zero-order valence-electron chi connectivity index (χ0n) is 11.7. The number of carbonyl (C=O) groups is 2. The number of aromatic nitrogens is 2. The summed E-state index contributed by atoms with van der Waals surface area (Å²) in [6.45, 7) is 2.04. The van der Waals surface area contributed by atoms with E-state index in [1.165, 1.54) is 6.20 Å². The van der Waals surface area contributed by atoms with Crippen molar-refractivity contribution < 1.29 is 14.7 Å². The van der Waals surface area contributed by atoms with Crippen LogP contribution in [0, 0.1) is 0 Å². The van der Waals surface area contributed by atoms with Crippen LogP contribution >= 0.6 is 0 Å². The first-order valence-corrected chi connectivity index (χ1v) is 6.75. The summed E-state index contributed by atoms with van der Waals surface area (Å²) in [5.41, 5.74) is 7.19. The Morgan fingerprint density at radius 2 is 1.95 bits per heavy atom. The quantitative estimate of drug-likeness (QED) is 0.849. The fraction of sp³-hybridized carbons (Fsp3) is 0.267. The lowest BCUT2D eigenvalue weighted by atomic mass is 10.1. The molecule has 2 rings (SSSR count). The van der Waals surface area contributed by atoms with Gasteiger partial charge in [0.25, 0.3) is 0 Å². The van der Waals surface area contributed by atoms with Crippen molar-refractivity contribution in [3.05, 3.63) is 47.3 Å². The summed E-state index contributed by atoms with van der Waals surface area (Å²) in [6, 6.07) is 6.61. The maximum atomic E-state index is 11.3. The van der Waals surface area contributed by atoms with Crippen molar-refractivity contribution in [2.75, 3.05) is 0 Å². The molecule has 0 spiro atoms. The van der Waals surface area contributed by atoms with Crippen LogP contribution in [-0.2, 0) is 6.42 Å². The molecule has 6 heteroatoms. The maximum Gasteiger partial charge on any atom is 0.339 e. The molecular weight excluding hydrogens is 270 g/mol. The van der Waals surface area contributed by atoms with Gasteiger partial charge in [-0.25, -0.2) is 9.48 Å². The number of aromatic carboxylic acids is 1. The summed E-state index contributed by atoms with van der Waals surface area (Å²) in [5.74, 6) is -1.49. The third-order valence-corrected chi connectivity index (χ3v) is 3.26. The second-order valence-electron chi connectivity index (χ2n) is 4.74. The van der Waals surface area contributed by atoms with Crippen LogP contribution < -0.4 is 5.73 Å². The monoisotopic (exact) mass is 287 g/mol. The number of nitrogens with zero attached hydrogens (tertiary/aromatic N) is 2. The second kappa shape index (κ2) is 6.21. The highest BCUT2D eigenvalue weighted by atomic mass is 16.4. The van der Waals surface area contributed by atoms with Gasteiger partial charge in [0.1, 0.15) is 5.56 Å². The molecule has 0 aliphatic heterocycles. The molecular formula is C15H17N3O3. The SMILES string of the molecule is CCCCc1c(C(=O)O)cnn1-c1ccc(C(N)=O)cc1. The van der Waals surface area contributed by atoms with Crippen LogP contribution in [0.5, 0.6) is 0 Å². The van der Waals surface area contributed by atoms with E-state index in [1.54, 1.807) is 28.9 Å². The predicted octanol–water partition coefficient (Wildman–Crippen LogP) is 2.01. The van der Waals surface area contributed by atoms with Crippen LogP contribution in [0.15, 0.2) is 30.5 Å². The Bertz CT molecular complexity index is 659. The van der Waals surface area contributed by atoms with E-state index in [9.17, 15) is 14.7 Å². The van der Waals surface area contributed by atoms with Gasteiger partial charge in [-0.2, -0.15) is 5.10 Å². The minimum Gasteiger partial charge on any atom is -0.478 e. The molecule has 0 saturated carbocycles. The van der Waals surface area contributed by atoms with E-state index < -0.39 is 11.9 Å². The Morgan fingerprint density at radius 3 is 2.48 bits per heavy atom. The molecule has 1 aromatic carbocycles. The van der Waals surface area contributed by atoms with Gasteiger partial charge < -0.3 is 10.8 Å². The van der Waals surface area contributed by atoms with Crippen LogP contribution in [0.3, 0.4) is 0 Å². The second-order valence-corrected chi connectivity index (χ2v) is 4.74. The average molecular weight is 287 g/mol. The summed E-state index contributed by atoms with van der Waals surface area (Å²) in [6.07, 6.45) is 3.83. The maximum absolute atomic E-state index is 11.3. The summed E-state index contributed by atoms with van der Waals surface area (Å²) in [4.78, 5) is 22.3. The highest BCUT2D eigenvalue weighted by Gasteiger charge is 2.17. The number of carboxylic acid groups (broad SMARTS) is 1. The summed E-state index contributed by atoms with van der Waals surface area (Å²) >= 11 is 0. The van der Waals surface area contributed by atoms with Crippen molar-refractivity contribution in [2.45, 2.75) is 26.2 Å². The summed E-state index contributed by atoms with van der Waals surface area (Å²) < 4.78 is 1.60. The zero-order chi connectivity index (χ0) is 15.4. The van der Waals surface area contributed by atoms with Gasteiger partial charge in [-0.05, 0) is 37.1 Å². The Balaban J connectivity index is 2.42. The van der Waals surface area contributed by atoms with E-state index in [2.05, 4.69) is 5.10 Å². The standard InChI is InChI=1S/C15H17N3O3/c1-2-3-4-13-12(15(20)21)9-17-18(13)11-7-5-10(6-8-11)14(16)19/h5-9H,2-4H2,1H3,(H2,16,19)(H,20,21). The van der Waals surface area contributed by atoms with E-state index in [1.807, 2.05) is 6.92 Å². The molecule has 2 aromatic rings. The van der Waals surface area contributed by atoms with Gasteiger partial charge in [0.2, 0.25) is 5.91 Å². The van der Waals surface area contributed by atoms with Gasteiger partial charge in [0.15, 0.2) is 0 Å². The Kier molecular flexibility index (Phi) is 4.37. The smallest absolute Gasteiger partial charge is 0.339 e. The summed E-state index contributed by atoms with van der Waals surface area (Å²) in [7, 11) is 0. The van der Waals surface area contributed by atoms with E-state index in [0.717, 1.165) is 12.8 Å². The largest absolute Gasteiger partial charge is 0.478 e. The first-order chi connectivity index (χ1) is 10.0. The first kappa shape index (κ1) is 14.8. The normalized spacial score (nSPS) is 10.5. The number of primary amides is 1.